The van der Waals surface area contributed by atoms with Gasteiger partial charge in [0.2, 0.25) is 0 Å². The second-order valence-corrected chi connectivity index (χ2v) is 9.81. The number of hydrogen-bond acceptors (Lipinski definition) is 5. The van der Waals surface area contributed by atoms with E-state index in [1.165, 1.54) is 0 Å². The number of piperidine rings is 1. The van der Waals surface area contributed by atoms with Crippen LogP contribution < -0.4 is 0 Å². The first-order valence-electron chi connectivity index (χ1n) is 11.3. The van der Waals surface area contributed by atoms with Crippen LogP contribution in [-0.2, 0) is 14.9 Å². The van der Waals surface area contributed by atoms with E-state index in [-0.39, 0.29) is 23.2 Å². The molecule has 1 atom stereocenters. The van der Waals surface area contributed by atoms with Gasteiger partial charge >= 0.3 is 5.97 Å². The van der Waals surface area contributed by atoms with Gasteiger partial charge in [-0.05, 0) is 31.9 Å². The Morgan fingerprint density at radius 3 is 2.67 bits per heavy atom. The Morgan fingerprint density at radius 2 is 1.97 bits per heavy atom. The first-order valence-corrected chi connectivity index (χ1v) is 11.7. The number of benzene rings is 1. The smallest absolute Gasteiger partial charge is 0.310 e. The van der Waals surface area contributed by atoms with E-state index in [2.05, 4.69) is 20.8 Å². The standard InChI is InChI=1S/C25H29ClN4O3/c1-5-33-24(32)16-9-8-12-29(15-16)23(31)20-13-19(17-10-6-7-11-18(17)26)27-22-14-21(25(2,3)4)28-30(20)22/h6-7,10-11,13-14,16H,5,8-9,12,15H2,1-4H3. The number of carbonyl (C=O) groups excluding carboxylic acids is 2. The van der Waals surface area contributed by atoms with Crippen LogP contribution in [0.15, 0.2) is 36.4 Å². The van der Waals surface area contributed by atoms with E-state index in [0.29, 0.717) is 41.8 Å². The van der Waals surface area contributed by atoms with Gasteiger partial charge in [-0.3, -0.25) is 9.59 Å². The zero-order valence-electron chi connectivity index (χ0n) is 19.5. The molecule has 8 heteroatoms. The molecule has 3 heterocycles. The number of carbonyl (C=O) groups is 2. The lowest BCUT2D eigenvalue weighted by Gasteiger charge is -2.31. The van der Waals surface area contributed by atoms with Gasteiger partial charge in [0.25, 0.3) is 5.91 Å². The summed E-state index contributed by atoms with van der Waals surface area (Å²) in [4.78, 5) is 32.5. The summed E-state index contributed by atoms with van der Waals surface area (Å²) in [5, 5.41) is 5.28. The highest BCUT2D eigenvalue weighted by molar-refractivity contribution is 6.33. The molecule has 3 aromatic rings. The maximum Gasteiger partial charge on any atom is 0.310 e. The predicted octanol–water partition coefficient (Wildman–Crippen LogP) is 4.76. The number of hydrogen-bond donors (Lipinski definition) is 0. The average Bonchev–Trinajstić information content (AvgIpc) is 3.23. The monoisotopic (exact) mass is 468 g/mol. The summed E-state index contributed by atoms with van der Waals surface area (Å²) >= 11 is 6.44. The summed E-state index contributed by atoms with van der Waals surface area (Å²) in [6, 6.07) is 11.1. The fourth-order valence-corrected chi connectivity index (χ4v) is 4.31. The van der Waals surface area contributed by atoms with E-state index >= 15 is 0 Å². The molecule has 1 aromatic carbocycles. The van der Waals surface area contributed by atoms with Crippen molar-refractivity contribution in [3.8, 4) is 11.3 Å². The number of ether oxygens (including phenoxy) is 1. The number of aromatic nitrogens is 3. The summed E-state index contributed by atoms with van der Waals surface area (Å²) in [6.07, 6.45) is 1.46. The molecule has 7 nitrogen and oxygen atoms in total. The SMILES string of the molecule is CCOC(=O)C1CCCN(C(=O)c2cc(-c3ccccc3Cl)nc3cc(C(C)(C)C)nn23)C1. The van der Waals surface area contributed by atoms with Crippen LogP contribution in [0.5, 0.6) is 0 Å². The van der Waals surface area contributed by atoms with Crippen molar-refractivity contribution in [2.45, 2.75) is 46.0 Å². The van der Waals surface area contributed by atoms with Gasteiger partial charge in [0.05, 0.1) is 23.9 Å². The zero-order valence-corrected chi connectivity index (χ0v) is 20.2. The Morgan fingerprint density at radius 1 is 1.21 bits per heavy atom. The molecule has 0 aliphatic carbocycles. The Bertz CT molecular complexity index is 1200. The minimum Gasteiger partial charge on any atom is -0.466 e. The van der Waals surface area contributed by atoms with Gasteiger partial charge in [-0.2, -0.15) is 5.10 Å². The molecular weight excluding hydrogens is 440 g/mol. The summed E-state index contributed by atoms with van der Waals surface area (Å²) in [6.45, 7) is 9.24. The molecule has 0 saturated carbocycles. The molecule has 1 unspecified atom stereocenters. The third-order valence-electron chi connectivity index (χ3n) is 5.89. The molecule has 0 N–H and O–H groups in total. The number of esters is 1. The fourth-order valence-electron chi connectivity index (χ4n) is 4.08. The van der Waals surface area contributed by atoms with Crippen LogP contribution >= 0.6 is 11.6 Å². The highest BCUT2D eigenvalue weighted by Crippen LogP contribution is 2.30. The minimum atomic E-state index is -0.314. The topological polar surface area (TPSA) is 76.8 Å². The maximum atomic E-state index is 13.7. The van der Waals surface area contributed by atoms with Crippen LogP contribution in [0.3, 0.4) is 0 Å². The summed E-state index contributed by atoms with van der Waals surface area (Å²) < 4.78 is 6.81. The second kappa shape index (κ2) is 9.14. The van der Waals surface area contributed by atoms with Crippen LogP contribution in [-0.4, -0.2) is 51.1 Å². The number of fused-ring (bicyclic) bond motifs is 1. The highest BCUT2D eigenvalue weighted by atomic mass is 35.5. The molecule has 2 aromatic heterocycles. The molecule has 174 valence electrons. The van der Waals surface area contributed by atoms with Crippen LogP contribution in [0.25, 0.3) is 16.9 Å². The van der Waals surface area contributed by atoms with Gasteiger partial charge in [-0.15, -0.1) is 0 Å². The first-order chi connectivity index (χ1) is 15.7. The summed E-state index contributed by atoms with van der Waals surface area (Å²) in [7, 11) is 0. The molecule has 1 aliphatic rings. The van der Waals surface area contributed by atoms with Crippen LogP contribution in [0, 0.1) is 5.92 Å². The Labute approximate surface area is 198 Å². The number of halogens is 1. The van der Waals surface area contributed by atoms with E-state index in [9.17, 15) is 9.59 Å². The minimum absolute atomic E-state index is 0.187. The van der Waals surface area contributed by atoms with E-state index in [1.54, 1.807) is 28.5 Å². The van der Waals surface area contributed by atoms with Crippen LogP contribution in [0.2, 0.25) is 5.02 Å². The normalized spacial score (nSPS) is 16.8. The number of rotatable bonds is 4. The summed E-state index contributed by atoms with van der Waals surface area (Å²) in [5.41, 5.74) is 2.96. The number of amides is 1. The van der Waals surface area contributed by atoms with E-state index in [0.717, 1.165) is 24.1 Å². The molecule has 1 fully saturated rings. The van der Waals surface area contributed by atoms with Crippen molar-refractivity contribution in [2.75, 3.05) is 19.7 Å². The first kappa shape index (κ1) is 23.2. The number of nitrogens with zero attached hydrogens (tertiary/aromatic N) is 4. The van der Waals surface area contributed by atoms with Gasteiger partial charge < -0.3 is 9.64 Å². The zero-order chi connectivity index (χ0) is 23.8. The average molecular weight is 469 g/mol. The molecule has 33 heavy (non-hydrogen) atoms. The molecular formula is C25H29ClN4O3. The van der Waals surface area contributed by atoms with Crippen molar-refractivity contribution in [3.63, 3.8) is 0 Å². The van der Waals surface area contributed by atoms with E-state index < -0.39 is 0 Å². The van der Waals surface area contributed by atoms with Gasteiger partial charge in [-0.25, -0.2) is 9.50 Å². The summed E-state index contributed by atoms with van der Waals surface area (Å²) in [5.74, 6) is -0.750. The molecule has 0 spiro atoms. The molecule has 1 saturated heterocycles. The Hall–Kier alpha value is -2.93. The van der Waals surface area contributed by atoms with Crippen molar-refractivity contribution in [2.24, 2.45) is 5.92 Å². The van der Waals surface area contributed by atoms with Crippen molar-refractivity contribution < 1.29 is 14.3 Å². The number of likely N-dealkylation sites (tertiary alicyclic amines) is 1. The molecule has 0 radical (unpaired) electrons. The van der Waals surface area contributed by atoms with Gasteiger partial charge in [0, 0.05) is 35.2 Å². The van der Waals surface area contributed by atoms with E-state index in [4.69, 9.17) is 26.4 Å². The van der Waals surface area contributed by atoms with Gasteiger partial charge in [0.1, 0.15) is 5.69 Å². The Balaban J connectivity index is 1.79. The van der Waals surface area contributed by atoms with Crippen LogP contribution in [0.1, 0.15) is 56.7 Å². The molecule has 1 aliphatic heterocycles. The highest BCUT2D eigenvalue weighted by Gasteiger charge is 2.32. The third-order valence-corrected chi connectivity index (χ3v) is 6.22. The van der Waals surface area contributed by atoms with Crippen molar-refractivity contribution >= 4 is 29.1 Å². The van der Waals surface area contributed by atoms with Crippen molar-refractivity contribution in [3.05, 3.63) is 52.8 Å². The molecule has 0 bridgehead atoms. The molecule has 4 rings (SSSR count). The molecule has 1 amide bonds. The van der Waals surface area contributed by atoms with Crippen LogP contribution in [0.4, 0.5) is 0 Å². The predicted molar refractivity (Wildman–Crippen MR) is 127 cm³/mol. The van der Waals surface area contributed by atoms with Crippen molar-refractivity contribution in [1.82, 2.24) is 19.5 Å². The third kappa shape index (κ3) is 4.74. The van der Waals surface area contributed by atoms with Gasteiger partial charge in [0.15, 0.2) is 5.65 Å². The second-order valence-electron chi connectivity index (χ2n) is 9.40. The quantitative estimate of drug-likeness (QED) is 0.516. The van der Waals surface area contributed by atoms with Gasteiger partial charge in [-0.1, -0.05) is 50.6 Å². The van der Waals surface area contributed by atoms with Crippen molar-refractivity contribution in [1.29, 1.82) is 0 Å². The lowest BCUT2D eigenvalue weighted by molar-refractivity contribution is -0.149. The lowest BCUT2D eigenvalue weighted by Crippen LogP contribution is -2.43. The Kier molecular flexibility index (Phi) is 6.43. The largest absolute Gasteiger partial charge is 0.466 e. The fraction of sp³-hybridized carbons (Fsp3) is 0.440. The van der Waals surface area contributed by atoms with E-state index in [1.807, 2.05) is 24.3 Å². The lowest BCUT2D eigenvalue weighted by atomic mass is 9.93. The maximum absolute atomic E-state index is 13.7.